The summed E-state index contributed by atoms with van der Waals surface area (Å²) in [5.41, 5.74) is 2.37. The van der Waals surface area contributed by atoms with Crippen LogP contribution in [-0.4, -0.2) is 18.0 Å². The Labute approximate surface area is 73.4 Å². The molecule has 2 aliphatic heterocycles. The molecule has 0 aromatic heterocycles. The second-order valence-corrected chi connectivity index (χ2v) is 2.84. The molecule has 2 heteroatoms. The van der Waals surface area contributed by atoms with Gasteiger partial charge in [-0.2, -0.15) is 0 Å². The van der Waals surface area contributed by atoms with Crippen molar-refractivity contribution in [3.63, 3.8) is 0 Å². The normalized spacial score (nSPS) is 18.5. The van der Waals surface area contributed by atoms with Crippen molar-refractivity contribution in [3.05, 3.63) is 24.4 Å². The topological polar surface area (TPSA) is 24.7 Å². The summed E-state index contributed by atoms with van der Waals surface area (Å²) in [6.45, 7) is 4.93. The predicted octanol–water partition coefficient (Wildman–Crippen LogP) is 2.38. The fraction of sp³-hybridized carbons (Fsp3) is 0.400. The lowest BCUT2D eigenvalue weighted by atomic mass is 10.3. The first kappa shape index (κ1) is 8.91. The van der Waals surface area contributed by atoms with Crippen molar-refractivity contribution in [2.24, 2.45) is 9.98 Å². The lowest BCUT2D eigenvalue weighted by molar-refractivity contribution is 1.28. The van der Waals surface area contributed by atoms with Crippen molar-refractivity contribution in [2.75, 3.05) is 6.54 Å². The minimum atomic E-state index is 0.895. The van der Waals surface area contributed by atoms with Gasteiger partial charge in [0.15, 0.2) is 0 Å². The average molecular weight is 162 g/mol. The molecule has 2 rings (SSSR count). The van der Waals surface area contributed by atoms with E-state index in [9.17, 15) is 0 Å². The average Bonchev–Trinajstić information content (AvgIpc) is 2.63. The maximum absolute atomic E-state index is 4.04. The molecule has 2 nitrogen and oxygen atoms in total. The van der Waals surface area contributed by atoms with E-state index < -0.39 is 0 Å². The van der Waals surface area contributed by atoms with Crippen molar-refractivity contribution >= 4 is 11.4 Å². The van der Waals surface area contributed by atoms with Crippen LogP contribution in [0, 0.1) is 0 Å². The van der Waals surface area contributed by atoms with Crippen molar-refractivity contribution in [1.29, 1.82) is 0 Å². The quantitative estimate of drug-likeness (QED) is 0.522. The molecule has 2 heterocycles. The van der Waals surface area contributed by atoms with Gasteiger partial charge in [0.25, 0.3) is 0 Å². The van der Waals surface area contributed by atoms with Gasteiger partial charge in [0.05, 0.1) is 6.54 Å². The van der Waals surface area contributed by atoms with Gasteiger partial charge < -0.3 is 0 Å². The molecule has 0 aromatic rings. The van der Waals surface area contributed by atoms with E-state index in [1.807, 2.05) is 26.1 Å². The Bertz CT molecular complexity index is 254. The van der Waals surface area contributed by atoms with Gasteiger partial charge in [-0.15, -0.1) is 0 Å². The highest BCUT2D eigenvalue weighted by atomic mass is 14.7. The number of hydrogen-bond acceptors (Lipinski definition) is 2. The maximum atomic E-state index is 4.04. The van der Waals surface area contributed by atoms with Crippen molar-refractivity contribution in [1.82, 2.24) is 0 Å². The highest BCUT2D eigenvalue weighted by Crippen LogP contribution is 1.96. The zero-order valence-electron chi connectivity index (χ0n) is 7.62. The van der Waals surface area contributed by atoms with E-state index in [2.05, 4.69) is 22.1 Å². The molecule has 0 N–H and O–H groups in total. The van der Waals surface area contributed by atoms with Crippen molar-refractivity contribution in [2.45, 2.75) is 20.3 Å². The molecule has 0 fully saturated rings. The third-order valence-electron chi connectivity index (χ3n) is 1.62. The van der Waals surface area contributed by atoms with E-state index in [0.29, 0.717) is 0 Å². The number of nitrogens with zero attached hydrogens (tertiary/aromatic N) is 2. The number of hydrogen-bond donors (Lipinski definition) is 0. The molecule has 0 aromatic carbocycles. The monoisotopic (exact) mass is 162 g/mol. The molecule has 0 amide bonds. The smallest absolute Gasteiger partial charge is 0.0577 e. The van der Waals surface area contributed by atoms with E-state index in [1.54, 1.807) is 0 Å². The van der Waals surface area contributed by atoms with E-state index in [0.717, 1.165) is 18.7 Å². The molecule has 0 atom stereocenters. The van der Waals surface area contributed by atoms with Gasteiger partial charge in [0.1, 0.15) is 0 Å². The zero-order chi connectivity index (χ0) is 8.81. The molecule has 0 bridgehead atoms. The molecule has 2 aliphatic rings. The third-order valence-corrected chi connectivity index (χ3v) is 1.62. The summed E-state index contributed by atoms with van der Waals surface area (Å²) in [4.78, 5) is 8.01. The molecule has 0 radical (unpaired) electrons. The van der Waals surface area contributed by atoms with Gasteiger partial charge in [-0.1, -0.05) is 12.2 Å². The second kappa shape index (κ2) is 4.65. The zero-order valence-corrected chi connectivity index (χ0v) is 7.62. The predicted molar refractivity (Wildman–Crippen MR) is 54.0 cm³/mol. The summed E-state index contributed by atoms with van der Waals surface area (Å²) in [6, 6.07) is 0. The fourth-order valence-electron chi connectivity index (χ4n) is 0.929. The van der Waals surface area contributed by atoms with Crippen LogP contribution in [-0.2, 0) is 0 Å². The summed E-state index contributed by atoms with van der Waals surface area (Å²) in [7, 11) is 0. The van der Waals surface area contributed by atoms with Gasteiger partial charge >= 0.3 is 0 Å². The Balaban J connectivity index is 0.000000120. The van der Waals surface area contributed by atoms with Gasteiger partial charge in [0, 0.05) is 24.0 Å². The number of rotatable bonds is 0. The fourth-order valence-corrected chi connectivity index (χ4v) is 0.929. The van der Waals surface area contributed by atoms with Gasteiger partial charge in [0.2, 0.25) is 0 Å². The van der Waals surface area contributed by atoms with Crippen LogP contribution >= 0.6 is 0 Å². The Morgan fingerprint density at radius 3 is 2.25 bits per heavy atom. The molecular weight excluding hydrogens is 148 g/mol. The van der Waals surface area contributed by atoms with E-state index in [-0.39, 0.29) is 0 Å². The molecule has 12 heavy (non-hydrogen) atoms. The summed E-state index contributed by atoms with van der Waals surface area (Å²) in [5, 5.41) is 0. The second-order valence-electron chi connectivity index (χ2n) is 2.84. The van der Waals surface area contributed by atoms with Crippen LogP contribution in [0.4, 0.5) is 0 Å². The molecule has 0 spiro atoms. The van der Waals surface area contributed by atoms with Crippen LogP contribution in [0.1, 0.15) is 20.3 Å². The molecule has 0 saturated heterocycles. The van der Waals surface area contributed by atoms with Crippen LogP contribution in [0.15, 0.2) is 34.4 Å². The van der Waals surface area contributed by atoms with Gasteiger partial charge in [-0.05, 0) is 19.9 Å². The molecule has 0 aliphatic carbocycles. The van der Waals surface area contributed by atoms with E-state index >= 15 is 0 Å². The highest BCUT2D eigenvalue weighted by molar-refractivity contribution is 5.94. The van der Waals surface area contributed by atoms with Crippen molar-refractivity contribution in [3.8, 4) is 0 Å². The van der Waals surface area contributed by atoms with E-state index in [4.69, 9.17) is 0 Å². The minimum absolute atomic E-state index is 0.895. The van der Waals surface area contributed by atoms with E-state index in [1.165, 1.54) is 5.71 Å². The Morgan fingerprint density at radius 1 is 1.25 bits per heavy atom. The standard InChI is InChI=1S/2C5H7N/c2*1-5-3-2-4-6-5/h2,4H,3H2,1H3;2-3H,4H2,1H3. The molecular formula is C10H14N2. The Kier molecular flexibility index (Phi) is 3.45. The summed E-state index contributed by atoms with van der Waals surface area (Å²) >= 11 is 0. The first-order chi connectivity index (χ1) is 5.79. The van der Waals surface area contributed by atoms with Crippen LogP contribution in [0.3, 0.4) is 0 Å². The minimum Gasteiger partial charge on any atom is -0.286 e. The van der Waals surface area contributed by atoms with Gasteiger partial charge in [-0.25, -0.2) is 0 Å². The first-order valence-electron chi connectivity index (χ1n) is 4.15. The Morgan fingerprint density at radius 2 is 2.08 bits per heavy atom. The SMILES string of the molecule is CC1=NC=CC1.CC1=NCC=C1. The Hall–Kier alpha value is -1.18. The van der Waals surface area contributed by atoms with Crippen molar-refractivity contribution < 1.29 is 0 Å². The lowest BCUT2D eigenvalue weighted by Crippen LogP contribution is -1.78. The number of aliphatic imine (C=N–C) groups is 2. The molecule has 0 unspecified atom stereocenters. The number of allylic oxidation sites excluding steroid dienone is 2. The van der Waals surface area contributed by atoms with Crippen LogP contribution in [0.5, 0.6) is 0 Å². The lowest BCUT2D eigenvalue weighted by Gasteiger charge is -1.76. The highest BCUT2D eigenvalue weighted by Gasteiger charge is 1.88. The van der Waals surface area contributed by atoms with Crippen LogP contribution in [0.25, 0.3) is 0 Å². The summed E-state index contributed by atoms with van der Waals surface area (Å²) in [5.74, 6) is 0. The molecule has 64 valence electrons. The third kappa shape index (κ3) is 3.28. The molecule has 0 saturated carbocycles. The van der Waals surface area contributed by atoms with Crippen LogP contribution in [0.2, 0.25) is 0 Å². The summed E-state index contributed by atoms with van der Waals surface area (Å²) < 4.78 is 0. The van der Waals surface area contributed by atoms with Gasteiger partial charge in [-0.3, -0.25) is 9.98 Å². The van der Waals surface area contributed by atoms with Crippen LogP contribution < -0.4 is 0 Å². The largest absolute Gasteiger partial charge is 0.286 e. The first-order valence-corrected chi connectivity index (χ1v) is 4.15. The maximum Gasteiger partial charge on any atom is 0.0577 e. The summed E-state index contributed by atoms with van der Waals surface area (Å²) in [6.07, 6.45) is 9.03.